The van der Waals surface area contributed by atoms with Crippen LogP contribution in [0.2, 0.25) is 0 Å². The maximum atomic E-state index is 11.9. The summed E-state index contributed by atoms with van der Waals surface area (Å²) >= 11 is 0. The largest absolute Gasteiger partial charge is 0.437 e. The molecule has 5 nitrogen and oxygen atoms in total. The van der Waals surface area contributed by atoms with E-state index in [2.05, 4.69) is 10.3 Å². The lowest BCUT2D eigenvalue weighted by Crippen LogP contribution is -2.07. The van der Waals surface area contributed by atoms with Crippen LogP contribution in [0.25, 0.3) is 17.2 Å². The molecule has 0 aliphatic carbocycles. The first-order valence-electron chi connectivity index (χ1n) is 7.29. The van der Waals surface area contributed by atoms with E-state index in [1.165, 1.54) is 12.2 Å². The fourth-order valence-electron chi connectivity index (χ4n) is 2.18. The van der Waals surface area contributed by atoms with Crippen molar-refractivity contribution in [2.75, 3.05) is 11.9 Å². The van der Waals surface area contributed by atoms with E-state index >= 15 is 0 Å². The third-order valence-corrected chi connectivity index (χ3v) is 3.31. The molecule has 0 unspecified atom stereocenters. The van der Waals surface area contributed by atoms with Crippen LogP contribution in [0, 0.1) is 0 Å². The Kier molecular flexibility index (Phi) is 4.49. The highest BCUT2D eigenvalue weighted by Crippen LogP contribution is 2.15. The lowest BCUT2D eigenvalue weighted by Gasteiger charge is -2.03. The lowest BCUT2D eigenvalue weighted by atomic mass is 10.1. The molecule has 1 aromatic heterocycles. The maximum Gasteiger partial charge on any atom is 0.248 e. The molecule has 0 bridgehead atoms. The minimum absolute atomic E-state index is 0.110. The number of nitrogens with zero attached hydrogens (tertiary/aromatic N) is 1. The van der Waals surface area contributed by atoms with Gasteiger partial charge in [0.25, 0.3) is 0 Å². The van der Waals surface area contributed by atoms with Gasteiger partial charge >= 0.3 is 0 Å². The maximum absolute atomic E-state index is 11.9. The summed E-state index contributed by atoms with van der Waals surface area (Å²) in [7, 11) is 0. The predicted molar refractivity (Wildman–Crippen MR) is 88.9 cm³/mol. The van der Waals surface area contributed by atoms with Gasteiger partial charge in [-0.25, -0.2) is 4.98 Å². The molecule has 116 valence electrons. The van der Waals surface area contributed by atoms with Crippen LogP contribution in [-0.2, 0) is 11.2 Å². The van der Waals surface area contributed by atoms with Crippen LogP contribution >= 0.6 is 0 Å². The second-order valence-corrected chi connectivity index (χ2v) is 5.01. The van der Waals surface area contributed by atoms with Gasteiger partial charge < -0.3 is 14.8 Å². The fourth-order valence-corrected chi connectivity index (χ4v) is 2.18. The summed E-state index contributed by atoms with van der Waals surface area (Å²) in [6.45, 7) is 0.110. The number of benzene rings is 2. The minimum Gasteiger partial charge on any atom is -0.437 e. The smallest absolute Gasteiger partial charge is 0.248 e. The van der Waals surface area contributed by atoms with Gasteiger partial charge in [-0.1, -0.05) is 24.3 Å². The molecule has 0 atom stereocenters. The SMILES string of the molecule is O=C(C=Cc1nc2ccccc2o1)Nc1ccc(CCO)cc1. The number of anilines is 1. The topological polar surface area (TPSA) is 75.4 Å². The number of aromatic nitrogens is 1. The van der Waals surface area contributed by atoms with Crippen LogP contribution in [0.3, 0.4) is 0 Å². The van der Waals surface area contributed by atoms with E-state index in [4.69, 9.17) is 9.52 Å². The zero-order valence-electron chi connectivity index (χ0n) is 12.4. The standard InChI is InChI=1S/C18H16N2O3/c21-12-11-13-5-7-14(8-6-13)19-17(22)9-10-18-20-15-3-1-2-4-16(15)23-18/h1-10,21H,11-12H2,(H,19,22). The molecular weight excluding hydrogens is 292 g/mol. The van der Waals surface area contributed by atoms with Crippen LogP contribution in [0.4, 0.5) is 5.69 Å². The van der Waals surface area contributed by atoms with E-state index < -0.39 is 0 Å². The van der Waals surface area contributed by atoms with Crippen molar-refractivity contribution >= 4 is 28.8 Å². The first-order valence-corrected chi connectivity index (χ1v) is 7.29. The molecular formula is C18H16N2O3. The summed E-state index contributed by atoms with van der Waals surface area (Å²) in [5, 5.41) is 11.6. The molecule has 0 aliphatic rings. The highest BCUT2D eigenvalue weighted by atomic mass is 16.3. The molecule has 0 saturated heterocycles. The summed E-state index contributed by atoms with van der Waals surface area (Å²) in [4.78, 5) is 16.2. The van der Waals surface area contributed by atoms with Crippen LogP contribution in [0.1, 0.15) is 11.5 Å². The molecule has 1 heterocycles. The predicted octanol–water partition coefficient (Wildman–Crippen LogP) is 3.01. The molecule has 0 saturated carbocycles. The number of para-hydroxylation sites is 2. The number of carbonyl (C=O) groups is 1. The Hall–Kier alpha value is -2.92. The number of aliphatic hydroxyl groups excluding tert-OH is 1. The van der Waals surface area contributed by atoms with Crippen molar-refractivity contribution in [3.05, 3.63) is 66.1 Å². The average Bonchev–Trinajstić information content (AvgIpc) is 2.98. The van der Waals surface area contributed by atoms with E-state index in [-0.39, 0.29) is 12.5 Å². The molecule has 0 radical (unpaired) electrons. The van der Waals surface area contributed by atoms with E-state index in [1.54, 1.807) is 12.1 Å². The zero-order chi connectivity index (χ0) is 16.1. The van der Waals surface area contributed by atoms with Gasteiger partial charge in [-0.15, -0.1) is 0 Å². The number of carbonyl (C=O) groups excluding carboxylic acids is 1. The first-order chi connectivity index (χ1) is 11.2. The fraction of sp³-hybridized carbons (Fsp3) is 0.111. The molecule has 3 aromatic rings. The average molecular weight is 308 g/mol. The normalized spacial score (nSPS) is 11.2. The molecule has 0 aliphatic heterocycles. The second-order valence-electron chi connectivity index (χ2n) is 5.01. The number of aliphatic hydroxyl groups is 1. The van der Waals surface area contributed by atoms with Crippen molar-refractivity contribution in [3.8, 4) is 0 Å². The first kappa shape index (κ1) is 15.0. The van der Waals surface area contributed by atoms with Crippen molar-refractivity contribution in [3.63, 3.8) is 0 Å². The summed E-state index contributed by atoms with van der Waals surface area (Å²) in [6, 6.07) is 14.8. The third kappa shape index (κ3) is 3.84. The lowest BCUT2D eigenvalue weighted by molar-refractivity contribution is -0.111. The molecule has 2 aromatic carbocycles. The number of nitrogens with one attached hydrogen (secondary N) is 1. The van der Waals surface area contributed by atoms with Gasteiger partial charge in [0.1, 0.15) is 5.52 Å². The van der Waals surface area contributed by atoms with Crippen LogP contribution < -0.4 is 5.32 Å². The number of oxazole rings is 1. The van der Waals surface area contributed by atoms with E-state index in [1.807, 2.05) is 36.4 Å². The van der Waals surface area contributed by atoms with Crippen LogP contribution in [0.5, 0.6) is 0 Å². The molecule has 1 amide bonds. The molecule has 3 rings (SSSR count). The van der Waals surface area contributed by atoms with Gasteiger partial charge in [0, 0.05) is 24.4 Å². The van der Waals surface area contributed by atoms with Crippen molar-refractivity contribution in [2.45, 2.75) is 6.42 Å². The minimum atomic E-state index is -0.262. The number of hydrogen-bond donors (Lipinski definition) is 2. The summed E-state index contributed by atoms with van der Waals surface area (Å²) < 4.78 is 5.51. The Morgan fingerprint density at radius 2 is 1.96 bits per heavy atom. The summed E-state index contributed by atoms with van der Waals surface area (Å²) in [6.07, 6.45) is 3.52. The van der Waals surface area contributed by atoms with Gasteiger partial charge in [0.15, 0.2) is 5.58 Å². The van der Waals surface area contributed by atoms with Crippen LogP contribution in [0.15, 0.2) is 59.0 Å². The molecule has 23 heavy (non-hydrogen) atoms. The third-order valence-electron chi connectivity index (χ3n) is 3.31. The Morgan fingerprint density at radius 1 is 1.17 bits per heavy atom. The Morgan fingerprint density at radius 3 is 2.70 bits per heavy atom. The molecule has 0 fully saturated rings. The van der Waals surface area contributed by atoms with Gasteiger partial charge in [-0.05, 0) is 36.2 Å². The number of rotatable bonds is 5. The Labute approximate surface area is 133 Å². The quantitative estimate of drug-likeness (QED) is 0.710. The van der Waals surface area contributed by atoms with Crippen molar-refractivity contribution < 1.29 is 14.3 Å². The van der Waals surface area contributed by atoms with Crippen molar-refractivity contribution in [2.24, 2.45) is 0 Å². The Balaban J connectivity index is 1.64. The highest BCUT2D eigenvalue weighted by molar-refractivity contribution is 6.01. The second kappa shape index (κ2) is 6.89. The molecule has 2 N–H and O–H groups in total. The van der Waals surface area contributed by atoms with Crippen LogP contribution in [-0.4, -0.2) is 22.6 Å². The van der Waals surface area contributed by atoms with Gasteiger partial charge in [-0.2, -0.15) is 0 Å². The monoisotopic (exact) mass is 308 g/mol. The van der Waals surface area contributed by atoms with E-state index in [0.717, 1.165) is 11.1 Å². The summed E-state index contributed by atoms with van der Waals surface area (Å²) in [5.74, 6) is 0.127. The number of fused-ring (bicyclic) bond motifs is 1. The van der Waals surface area contributed by atoms with Gasteiger partial charge in [0.05, 0.1) is 0 Å². The highest BCUT2D eigenvalue weighted by Gasteiger charge is 2.03. The zero-order valence-corrected chi connectivity index (χ0v) is 12.4. The molecule has 5 heteroatoms. The van der Waals surface area contributed by atoms with Crippen molar-refractivity contribution in [1.29, 1.82) is 0 Å². The van der Waals surface area contributed by atoms with Gasteiger partial charge in [0.2, 0.25) is 11.8 Å². The van der Waals surface area contributed by atoms with E-state index in [9.17, 15) is 4.79 Å². The van der Waals surface area contributed by atoms with E-state index in [0.29, 0.717) is 23.6 Å². The van der Waals surface area contributed by atoms with Crippen molar-refractivity contribution in [1.82, 2.24) is 4.98 Å². The Bertz CT molecular complexity index is 802. The number of hydrogen-bond acceptors (Lipinski definition) is 4. The molecule has 0 spiro atoms. The van der Waals surface area contributed by atoms with Gasteiger partial charge in [-0.3, -0.25) is 4.79 Å². The number of amides is 1. The summed E-state index contributed by atoms with van der Waals surface area (Å²) in [5.41, 5.74) is 3.16.